The van der Waals surface area contributed by atoms with Gasteiger partial charge in [-0.25, -0.2) is 0 Å². The molecule has 0 saturated carbocycles. The van der Waals surface area contributed by atoms with Crippen molar-refractivity contribution in [2.24, 2.45) is 11.3 Å². The third kappa shape index (κ3) is 4.27. The van der Waals surface area contributed by atoms with Crippen molar-refractivity contribution in [3.63, 3.8) is 0 Å². The maximum absolute atomic E-state index is 12.7. The van der Waals surface area contributed by atoms with Crippen LogP contribution in [0.3, 0.4) is 0 Å². The molecule has 4 nitrogen and oxygen atoms in total. The predicted octanol–water partition coefficient (Wildman–Crippen LogP) is 2.50. The van der Waals surface area contributed by atoms with E-state index in [1.807, 2.05) is 13.8 Å². The lowest BCUT2D eigenvalue weighted by molar-refractivity contribution is -0.174. The Labute approximate surface area is 108 Å². The lowest BCUT2D eigenvalue weighted by Gasteiger charge is -2.29. The van der Waals surface area contributed by atoms with E-state index < -0.39 is 24.0 Å². The maximum Gasteiger partial charge on any atom is 0.323 e. The summed E-state index contributed by atoms with van der Waals surface area (Å²) in [6.45, 7) is 6.59. The number of carbonyl (C=O) groups excluding carboxylic acids is 2. The van der Waals surface area contributed by atoms with Gasteiger partial charge in [0.15, 0.2) is 5.41 Å². The number of ether oxygens (including phenoxy) is 2. The van der Waals surface area contributed by atoms with Crippen molar-refractivity contribution in [2.45, 2.75) is 40.5 Å². The largest absolute Gasteiger partial charge is 0.465 e. The van der Waals surface area contributed by atoms with Crippen LogP contribution < -0.4 is 0 Å². The molecule has 106 valence electrons. The summed E-state index contributed by atoms with van der Waals surface area (Å²) in [5, 5.41) is 0. The van der Waals surface area contributed by atoms with Gasteiger partial charge in [0.05, 0.1) is 19.9 Å². The molecule has 0 radical (unpaired) electrons. The molecule has 0 aromatic rings. The fourth-order valence-corrected chi connectivity index (χ4v) is 1.95. The zero-order valence-electron chi connectivity index (χ0n) is 11.6. The standard InChI is InChI=1S/C13H23FO4/c1-5-17-11(15)13(7-8-14,9-10(3)4)12(16)18-6-2/h10H,5-9H2,1-4H3. The van der Waals surface area contributed by atoms with Crippen molar-refractivity contribution in [1.82, 2.24) is 0 Å². The van der Waals surface area contributed by atoms with Crippen LogP contribution in [0.4, 0.5) is 4.39 Å². The van der Waals surface area contributed by atoms with E-state index in [1.54, 1.807) is 13.8 Å². The Morgan fingerprint density at radius 1 is 1.11 bits per heavy atom. The summed E-state index contributed by atoms with van der Waals surface area (Å²) in [6.07, 6.45) is 0.0391. The molecule has 0 aliphatic carbocycles. The summed E-state index contributed by atoms with van der Waals surface area (Å²) in [4.78, 5) is 24.0. The zero-order chi connectivity index (χ0) is 14.2. The highest BCUT2D eigenvalue weighted by molar-refractivity contribution is 6.00. The van der Waals surface area contributed by atoms with E-state index in [-0.39, 0.29) is 32.0 Å². The van der Waals surface area contributed by atoms with Crippen LogP contribution in [0.25, 0.3) is 0 Å². The quantitative estimate of drug-likeness (QED) is 0.498. The Morgan fingerprint density at radius 2 is 1.56 bits per heavy atom. The van der Waals surface area contributed by atoms with Gasteiger partial charge in [0, 0.05) is 6.42 Å². The van der Waals surface area contributed by atoms with Gasteiger partial charge in [0.1, 0.15) is 0 Å². The van der Waals surface area contributed by atoms with Crippen LogP contribution in [0.15, 0.2) is 0 Å². The molecule has 5 heteroatoms. The Hall–Kier alpha value is -1.13. The molecule has 18 heavy (non-hydrogen) atoms. The number of alkyl halides is 1. The first-order chi connectivity index (χ1) is 8.44. The summed E-state index contributed by atoms with van der Waals surface area (Å²) < 4.78 is 22.6. The molecule has 0 fully saturated rings. The van der Waals surface area contributed by atoms with Crippen LogP contribution in [0, 0.1) is 11.3 Å². The second kappa shape index (κ2) is 8.06. The highest BCUT2D eigenvalue weighted by atomic mass is 19.1. The Kier molecular flexibility index (Phi) is 7.55. The molecule has 0 spiro atoms. The number of esters is 2. The fourth-order valence-electron chi connectivity index (χ4n) is 1.95. The fraction of sp³-hybridized carbons (Fsp3) is 0.846. The van der Waals surface area contributed by atoms with Gasteiger partial charge in [0.2, 0.25) is 0 Å². The molecule has 0 aromatic heterocycles. The molecule has 0 saturated heterocycles. The molecule has 0 unspecified atom stereocenters. The van der Waals surface area contributed by atoms with Gasteiger partial charge >= 0.3 is 11.9 Å². The van der Waals surface area contributed by atoms with E-state index in [0.29, 0.717) is 0 Å². The van der Waals surface area contributed by atoms with Crippen LogP contribution in [-0.4, -0.2) is 31.8 Å². The lowest BCUT2D eigenvalue weighted by atomic mass is 9.77. The molecule has 0 aliphatic heterocycles. The Balaban J connectivity index is 5.25. The minimum Gasteiger partial charge on any atom is -0.465 e. The van der Waals surface area contributed by atoms with Crippen LogP contribution in [0.1, 0.15) is 40.5 Å². The number of halogens is 1. The summed E-state index contributed by atoms with van der Waals surface area (Å²) in [6, 6.07) is 0. The lowest BCUT2D eigenvalue weighted by Crippen LogP contribution is -2.43. The minimum absolute atomic E-state index is 0.0605. The first-order valence-corrected chi connectivity index (χ1v) is 6.35. The second-order valence-corrected chi connectivity index (χ2v) is 4.56. The molecule has 0 amide bonds. The minimum atomic E-state index is -1.51. The van der Waals surface area contributed by atoms with Crippen LogP contribution >= 0.6 is 0 Å². The Morgan fingerprint density at radius 3 is 1.83 bits per heavy atom. The van der Waals surface area contributed by atoms with Gasteiger partial charge in [-0.3, -0.25) is 14.0 Å². The monoisotopic (exact) mass is 262 g/mol. The van der Waals surface area contributed by atoms with Gasteiger partial charge in [-0.1, -0.05) is 13.8 Å². The van der Waals surface area contributed by atoms with Gasteiger partial charge in [-0.2, -0.15) is 0 Å². The molecule has 0 bridgehead atoms. The predicted molar refractivity (Wildman–Crippen MR) is 65.7 cm³/mol. The average molecular weight is 262 g/mol. The third-order valence-electron chi connectivity index (χ3n) is 2.61. The van der Waals surface area contributed by atoms with E-state index in [9.17, 15) is 14.0 Å². The van der Waals surface area contributed by atoms with Crippen molar-refractivity contribution in [3.05, 3.63) is 0 Å². The van der Waals surface area contributed by atoms with E-state index in [0.717, 1.165) is 0 Å². The highest BCUT2D eigenvalue weighted by Crippen LogP contribution is 2.34. The van der Waals surface area contributed by atoms with E-state index in [4.69, 9.17) is 9.47 Å². The number of rotatable bonds is 8. The van der Waals surface area contributed by atoms with Gasteiger partial charge in [-0.15, -0.1) is 0 Å². The number of carbonyl (C=O) groups is 2. The van der Waals surface area contributed by atoms with Crippen molar-refractivity contribution in [1.29, 1.82) is 0 Å². The van der Waals surface area contributed by atoms with Crippen molar-refractivity contribution < 1.29 is 23.5 Å². The highest BCUT2D eigenvalue weighted by Gasteiger charge is 2.48. The maximum atomic E-state index is 12.7. The smallest absolute Gasteiger partial charge is 0.323 e. The molecule has 0 heterocycles. The first-order valence-electron chi connectivity index (χ1n) is 6.35. The molecular formula is C13H23FO4. The molecule has 0 N–H and O–H groups in total. The average Bonchev–Trinajstić information content (AvgIpc) is 2.28. The first kappa shape index (κ1) is 16.9. The van der Waals surface area contributed by atoms with Gasteiger partial charge < -0.3 is 9.47 Å². The van der Waals surface area contributed by atoms with Crippen LogP contribution in [0.5, 0.6) is 0 Å². The molecular weight excluding hydrogens is 239 g/mol. The number of hydrogen-bond acceptors (Lipinski definition) is 4. The second-order valence-electron chi connectivity index (χ2n) is 4.56. The van der Waals surface area contributed by atoms with Crippen molar-refractivity contribution >= 4 is 11.9 Å². The third-order valence-corrected chi connectivity index (χ3v) is 2.61. The van der Waals surface area contributed by atoms with E-state index in [2.05, 4.69) is 0 Å². The molecule has 0 rings (SSSR count). The molecule has 0 aromatic carbocycles. The van der Waals surface area contributed by atoms with Crippen LogP contribution in [0.2, 0.25) is 0 Å². The summed E-state index contributed by atoms with van der Waals surface area (Å²) in [7, 11) is 0. The topological polar surface area (TPSA) is 52.6 Å². The van der Waals surface area contributed by atoms with Crippen molar-refractivity contribution in [2.75, 3.05) is 19.9 Å². The van der Waals surface area contributed by atoms with Crippen LogP contribution in [-0.2, 0) is 19.1 Å². The number of hydrogen-bond donors (Lipinski definition) is 0. The zero-order valence-corrected chi connectivity index (χ0v) is 11.6. The molecule has 0 atom stereocenters. The normalized spacial score (nSPS) is 11.4. The summed E-state index contributed by atoms with van der Waals surface area (Å²) in [5.74, 6) is -1.31. The van der Waals surface area contributed by atoms with E-state index >= 15 is 0 Å². The summed E-state index contributed by atoms with van der Waals surface area (Å²) in [5.41, 5.74) is -1.51. The van der Waals surface area contributed by atoms with Gasteiger partial charge in [-0.05, 0) is 26.2 Å². The molecule has 0 aliphatic rings. The van der Waals surface area contributed by atoms with Gasteiger partial charge in [0.25, 0.3) is 0 Å². The van der Waals surface area contributed by atoms with E-state index in [1.165, 1.54) is 0 Å². The SMILES string of the molecule is CCOC(=O)C(CCF)(CC(C)C)C(=O)OCC. The van der Waals surface area contributed by atoms with Crippen molar-refractivity contribution in [3.8, 4) is 0 Å². The Bertz CT molecular complexity index is 258. The summed E-state index contributed by atoms with van der Waals surface area (Å²) >= 11 is 0.